The molecule has 4 nitrogen and oxygen atoms in total. The fourth-order valence-corrected chi connectivity index (χ4v) is 2.21. The molecule has 106 valence electrons. The van der Waals surface area contributed by atoms with E-state index < -0.39 is 12.2 Å². The molecule has 0 amide bonds. The zero-order valence-electron chi connectivity index (χ0n) is 11.7. The third kappa shape index (κ3) is 4.72. The number of nitrogens with one attached hydrogen (secondary N) is 1. The highest BCUT2D eigenvalue weighted by atomic mass is 16.3. The predicted octanol–water partition coefficient (Wildman–Crippen LogP) is 0.511. The van der Waals surface area contributed by atoms with Crippen LogP contribution in [-0.4, -0.2) is 22.4 Å². The molecule has 0 aliphatic rings. The fraction of sp³-hybridized carbons (Fsp3) is 0.375. The number of aliphatic hydroxyl groups excluding tert-OH is 2. The van der Waals surface area contributed by atoms with Crippen molar-refractivity contribution in [3.63, 3.8) is 0 Å². The van der Waals surface area contributed by atoms with Crippen molar-refractivity contribution in [1.82, 2.24) is 0 Å². The summed E-state index contributed by atoms with van der Waals surface area (Å²) in [4.78, 5) is 3.01. The van der Waals surface area contributed by atoms with Gasteiger partial charge in [-0.25, -0.2) is 9.55 Å². The molecule has 4 heteroatoms. The second-order valence-corrected chi connectivity index (χ2v) is 5.23. The molecule has 2 atom stereocenters. The monoisotopic (exact) mass is 274 g/mol. The maximum Gasteiger partial charge on any atom is 0.174 e. The minimum absolute atomic E-state index is 0.398. The number of pyridine rings is 2. The molecular formula is C16H22N2O2+2. The Kier molecular flexibility index (Phi) is 5.21. The van der Waals surface area contributed by atoms with Gasteiger partial charge in [0.1, 0.15) is 6.10 Å². The first-order valence-electron chi connectivity index (χ1n) is 6.92. The number of nitrogens with zero attached hydrogens (tertiary/aromatic N) is 1. The van der Waals surface area contributed by atoms with Crippen LogP contribution >= 0.6 is 0 Å². The van der Waals surface area contributed by atoms with Crippen molar-refractivity contribution in [3.05, 3.63) is 60.2 Å². The molecule has 3 N–H and O–H groups in total. The van der Waals surface area contributed by atoms with Crippen molar-refractivity contribution < 1.29 is 19.8 Å². The molecule has 0 aliphatic carbocycles. The fourth-order valence-electron chi connectivity index (χ4n) is 2.21. The van der Waals surface area contributed by atoms with E-state index in [2.05, 4.69) is 29.2 Å². The Hall–Kier alpha value is -1.78. The first-order chi connectivity index (χ1) is 9.63. The number of aromatic amines is 1. The third-order valence-electron chi connectivity index (χ3n) is 3.19. The van der Waals surface area contributed by atoms with E-state index in [1.807, 2.05) is 29.4 Å². The standard InChI is InChI=1S/C16H21N2O2/c1-13(19)10-16(20)12-18-8-4-15(5-9-18)11-14-2-6-17-7-3-14/h2-9,13,16,19-20H,10-12H2,1H3/q+1/p+1. The van der Waals surface area contributed by atoms with Crippen molar-refractivity contribution in [3.8, 4) is 0 Å². The number of hydrogen-bond donors (Lipinski definition) is 2. The summed E-state index contributed by atoms with van der Waals surface area (Å²) in [7, 11) is 0. The van der Waals surface area contributed by atoms with Crippen LogP contribution in [0.4, 0.5) is 0 Å². The lowest BCUT2D eigenvalue weighted by Crippen LogP contribution is -2.40. The van der Waals surface area contributed by atoms with Gasteiger partial charge in [-0.3, -0.25) is 0 Å². The Morgan fingerprint density at radius 1 is 1.05 bits per heavy atom. The van der Waals surface area contributed by atoms with Crippen molar-refractivity contribution in [1.29, 1.82) is 0 Å². The molecule has 20 heavy (non-hydrogen) atoms. The quantitative estimate of drug-likeness (QED) is 0.754. The van der Waals surface area contributed by atoms with Gasteiger partial charge < -0.3 is 10.2 Å². The van der Waals surface area contributed by atoms with Gasteiger partial charge in [-0.2, -0.15) is 0 Å². The molecule has 2 aromatic rings. The first kappa shape index (κ1) is 14.6. The molecule has 0 fully saturated rings. The molecule has 0 radical (unpaired) electrons. The molecule has 0 aliphatic heterocycles. The van der Waals surface area contributed by atoms with Gasteiger partial charge in [0, 0.05) is 30.7 Å². The molecule has 0 saturated heterocycles. The predicted molar refractivity (Wildman–Crippen MR) is 74.7 cm³/mol. The Labute approximate surface area is 119 Å². The van der Waals surface area contributed by atoms with Crippen molar-refractivity contribution in [2.24, 2.45) is 0 Å². The van der Waals surface area contributed by atoms with E-state index in [9.17, 15) is 10.2 Å². The molecule has 0 spiro atoms. The summed E-state index contributed by atoms with van der Waals surface area (Å²) >= 11 is 0. The maximum absolute atomic E-state index is 9.79. The zero-order valence-corrected chi connectivity index (χ0v) is 11.7. The third-order valence-corrected chi connectivity index (χ3v) is 3.19. The Morgan fingerprint density at radius 3 is 2.25 bits per heavy atom. The minimum Gasteiger partial charge on any atom is -0.393 e. The number of rotatable bonds is 6. The lowest BCUT2D eigenvalue weighted by Gasteiger charge is -2.09. The van der Waals surface area contributed by atoms with Crippen LogP contribution in [0.2, 0.25) is 0 Å². The minimum atomic E-state index is -0.518. The van der Waals surface area contributed by atoms with Crippen LogP contribution in [0.25, 0.3) is 0 Å². The summed E-state index contributed by atoms with van der Waals surface area (Å²) in [6, 6.07) is 8.25. The summed E-state index contributed by atoms with van der Waals surface area (Å²) in [5.74, 6) is 0. The van der Waals surface area contributed by atoms with Gasteiger partial charge >= 0.3 is 0 Å². The van der Waals surface area contributed by atoms with E-state index >= 15 is 0 Å². The topological polar surface area (TPSA) is 58.5 Å². The van der Waals surface area contributed by atoms with Crippen LogP contribution in [0.1, 0.15) is 24.5 Å². The molecular weight excluding hydrogens is 252 g/mol. The number of aromatic nitrogens is 2. The van der Waals surface area contributed by atoms with E-state index in [-0.39, 0.29) is 0 Å². The van der Waals surface area contributed by atoms with Gasteiger partial charge in [-0.05, 0) is 24.5 Å². The van der Waals surface area contributed by atoms with Crippen molar-refractivity contribution >= 4 is 0 Å². The smallest absolute Gasteiger partial charge is 0.174 e. The Balaban J connectivity index is 1.93. The number of aliphatic hydroxyl groups is 2. The zero-order chi connectivity index (χ0) is 14.4. The molecule has 0 aromatic carbocycles. The van der Waals surface area contributed by atoms with Crippen LogP contribution in [0.5, 0.6) is 0 Å². The van der Waals surface area contributed by atoms with Crippen LogP contribution in [0.15, 0.2) is 49.1 Å². The van der Waals surface area contributed by atoms with E-state index in [1.165, 1.54) is 11.1 Å². The van der Waals surface area contributed by atoms with Gasteiger partial charge in [0.25, 0.3) is 0 Å². The van der Waals surface area contributed by atoms with Crippen LogP contribution in [0.3, 0.4) is 0 Å². The second-order valence-electron chi connectivity index (χ2n) is 5.23. The largest absolute Gasteiger partial charge is 0.393 e. The number of H-pyrrole nitrogens is 1. The average Bonchev–Trinajstić information content (AvgIpc) is 2.41. The van der Waals surface area contributed by atoms with E-state index in [4.69, 9.17) is 0 Å². The summed E-state index contributed by atoms with van der Waals surface area (Å²) in [5.41, 5.74) is 2.49. The molecule has 2 rings (SSSR count). The average molecular weight is 274 g/mol. The molecule has 2 heterocycles. The lowest BCUT2D eigenvalue weighted by molar-refractivity contribution is -0.703. The van der Waals surface area contributed by atoms with E-state index in [0.717, 1.165) is 6.42 Å². The highest BCUT2D eigenvalue weighted by Crippen LogP contribution is 2.06. The molecule has 2 unspecified atom stereocenters. The van der Waals surface area contributed by atoms with E-state index in [1.54, 1.807) is 6.92 Å². The van der Waals surface area contributed by atoms with Crippen LogP contribution < -0.4 is 9.55 Å². The summed E-state index contributed by atoms with van der Waals surface area (Å²) in [6.07, 6.45) is 8.08. The van der Waals surface area contributed by atoms with E-state index in [0.29, 0.717) is 13.0 Å². The molecule has 2 aromatic heterocycles. The number of hydrogen-bond acceptors (Lipinski definition) is 2. The van der Waals surface area contributed by atoms with Crippen molar-refractivity contribution in [2.75, 3.05) is 0 Å². The highest BCUT2D eigenvalue weighted by molar-refractivity contribution is 5.20. The molecule has 0 bridgehead atoms. The summed E-state index contributed by atoms with van der Waals surface area (Å²) in [6.45, 7) is 2.19. The van der Waals surface area contributed by atoms with Crippen molar-refractivity contribution in [2.45, 2.75) is 38.5 Å². The molecule has 0 saturated carbocycles. The maximum atomic E-state index is 9.79. The first-order valence-corrected chi connectivity index (χ1v) is 6.92. The van der Waals surface area contributed by atoms with Crippen LogP contribution in [0, 0.1) is 0 Å². The summed E-state index contributed by atoms with van der Waals surface area (Å²) in [5, 5.41) is 19.0. The van der Waals surface area contributed by atoms with Gasteiger partial charge in [-0.1, -0.05) is 0 Å². The normalized spacial score (nSPS) is 13.9. The lowest BCUT2D eigenvalue weighted by atomic mass is 10.1. The highest BCUT2D eigenvalue weighted by Gasteiger charge is 2.13. The Morgan fingerprint density at radius 2 is 1.65 bits per heavy atom. The SMILES string of the molecule is CC(O)CC(O)C[n+]1ccc(Cc2cc[nH+]cc2)cc1. The van der Waals surface area contributed by atoms with Crippen LogP contribution in [-0.2, 0) is 13.0 Å². The van der Waals surface area contributed by atoms with Gasteiger partial charge in [0.2, 0.25) is 0 Å². The second kappa shape index (κ2) is 7.12. The van der Waals surface area contributed by atoms with Gasteiger partial charge in [-0.15, -0.1) is 0 Å². The Bertz CT molecular complexity index is 512. The van der Waals surface area contributed by atoms with Gasteiger partial charge in [0.05, 0.1) is 6.10 Å². The summed E-state index contributed by atoms with van der Waals surface area (Å²) < 4.78 is 1.94. The van der Waals surface area contributed by atoms with Gasteiger partial charge in [0.15, 0.2) is 31.3 Å².